The molecule has 0 bridgehead atoms. The lowest BCUT2D eigenvalue weighted by molar-refractivity contribution is 0.530. The van der Waals surface area contributed by atoms with Gasteiger partial charge in [0.15, 0.2) is 0 Å². The number of aromatic nitrogens is 3. The van der Waals surface area contributed by atoms with E-state index in [1.54, 1.807) is 18.0 Å². The van der Waals surface area contributed by atoms with Gasteiger partial charge in [0, 0.05) is 0 Å². The minimum absolute atomic E-state index is 0.154. The third kappa shape index (κ3) is 2.86. The Hall–Kier alpha value is -1.76. The van der Waals surface area contributed by atoms with Crippen molar-refractivity contribution in [2.24, 2.45) is 0 Å². The van der Waals surface area contributed by atoms with E-state index >= 15 is 0 Å². The molecule has 6 nitrogen and oxygen atoms in total. The van der Waals surface area contributed by atoms with Crippen LogP contribution in [0.4, 0.5) is 11.9 Å². The highest BCUT2D eigenvalue weighted by molar-refractivity contribution is 7.97. The molecule has 0 aliphatic rings. The molecular weight excluding hydrogens is 226 g/mol. The fourth-order valence-electron chi connectivity index (χ4n) is 1.16. The Balaban J connectivity index is 1.89. The van der Waals surface area contributed by atoms with E-state index in [0.29, 0.717) is 11.6 Å². The number of hydrogen-bond acceptors (Lipinski definition) is 7. The lowest BCUT2D eigenvalue weighted by Gasteiger charge is -2.01. The molecule has 0 fully saturated rings. The first kappa shape index (κ1) is 10.7. The van der Waals surface area contributed by atoms with Crippen molar-refractivity contribution in [2.75, 3.05) is 11.5 Å². The summed E-state index contributed by atoms with van der Waals surface area (Å²) in [5.74, 6) is 3.19. The summed E-state index contributed by atoms with van der Waals surface area (Å²) in [5, 5.41) is 0. The van der Waals surface area contributed by atoms with Gasteiger partial charge in [-0.15, -0.1) is 11.8 Å². The van der Waals surface area contributed by atoms with Crippen molar-refractivity contribution >= 4 is 23.7 Å². The maximum atomic E-state index is 5.46. The zero-order chi connectivity index (χ0) is 11.4. The molecule has 2 rings (SSSR count). The van der Waals surface area contributed by atoms with Crippen LogP contribution in [-0.2, 0) is 11.5 Å². The van der Waals surface area contributed by atoms with Crippen molar-refractivity contribution in [2.45, 2.75) is 11.5 Å². The molecule has 0 aliphatic carbocycles. The predicted molar refractivity (Wildman–Crippen MR) is 62.4 cm³/mol. The van der Waals surface area contributed by atoms with Gasteiger partial charge in [-0.25, -0.2) is 0 Å². The van der Waals surface area contributed by atoms with Crippen LogP contribution in [0, 0.1) is 0 Å². The van der Waals surface area contributed by atoms with Crippen molar-refractivity contribution in [3.8, 4) is 0 Å². The van der Waals surface area contributed by atoms with Crippen LogP contribution in [0.1, 0.15) is 11.6 Å². The third-order valence-corrected chi connectivity index (χ3v) is 2.72. The van der Waals surface area contributed by atoms with Gasteiger partial charge in [0.2, 0.25) is 11.9 Å². The van der Waals surface area contributed by atoms with E-state index in [1.165, 1.54) is 0 Å². The number of thioether (sulfide) groups is 1. The van der Waals surface area contributed by atoms with Crippen molar-refractivity contribution in [1.29, 1.82) is 0 Å². The van der Waals surface area contributed by atoms with E-state index in [9.17, 15) is 0 Å². The fourth-order valence-corrected chi connectivity index (χ4v) is 1.94. The second-order valence-corrected chi connectivity index (χ2v) is 4.03. The molecule has 2 heterocycles. The van der Waals surface area contributed by atoms with Gasteiger partial charge in [-0.05, 0) is 12.1 Å². The molecule has 0 unspecified atom stereocenters. The number of hydrogen-bond donors (Lipinski definition) is 2. The average molecular weight is 237 g/mol. The van der Waals surface area contributed by atoms with Gasteiger partial charge >= 0.3 is 0 Å². The summed E-state index contributed by atoms with van der Waals surface area (Å²) < 4.78 is 5.20. The Morgan fingerprint density at radius 3 is 2.50 bits per heavy atom. The van der Waals surface area contributed by atoms with Crippen LogP contribution in [0.2, 0.25) is 0 Å². The Morgan fingerprint density at radius 1 is 1.12 bits per heavy atom. The maximum absolute atomic E-state index is 5.46. The van der Waals surface area contributed by atoms with Crippen LogP contribution in [0.5, 0.6) is 0 Å². The van der Waals surface area contributed by atoms with Gasteiger partial charge in [0.05, 0.1) is 17.8 Å². The SMILES string of the molecule is Nc1nc(N)nc(CSCc2ccco2)n1. The first-order valence-corrected chi connectivity index (χ1v) is 5.75. The molecule has 0 spiro atoms. The van der Waals surface area contributed by atoms with Crippen LogP contribution in [-0.4, -0.2) is 15.0 Å². The zero-order valence-electron chi connectivity index (χ0n) is 8.46. The van der Waals surface area contributed by atoms with Gasteiger partial charge in [0.1, 0.15) is 11.6 Å². The monoisotopic (exact) mass is 237 g/mol. The van der Waals surface area contributed by atoms with Gasteiger partial charge < -0.3 is 15.9 Å². The molecule has 0 amide bonds. The van der Waals surface area contributed by atoms with Gasteiger partial charge in [-0.1, -0.05) is 0 Å². The lowest BCUT2D eigenvalue weighted by Crippen LogP contribution is -2.05. The highest BCUT2D eigenvalue weighted by atomic mass is 32.2. The number of nitrogens with zero attached hydrogens (tertiary/aromatic N) is 3. The number of anilines is 2. The van der Waals surface area contributed by atoms with Crippen LogP contribution < -0.4 is 11.5 Å². The maximum Gasteiger partial charge on any atom is 0.225 e. The summed E-state index contributed by atoms with van der Waals surface area (Å²) >= 11 is 1.62. The fraction of sp³-hybridized carbons (Fsp3) is 0.222. The van der Waals surface area contributed by atoms with Gasteiger partial charge in [-0.3, -0.25) is 0 Å². The Labute approximate surface area is 96.5 Å². The standard InChI is InChI=1S/C9H11N5OS/c10-8-12-7(13-9(11)14-8)5-16-4-6-2-1-3-15-6/h1-3H,4-5H2,(H4,10,11,12,13,14). The smallest absolute Gasteiger partial charge is 0.225 e. The summed E-state index contributed by atoms with van der Waals surface area (Å²) in [7, 11) is 0. The van der Waals surface area contributed by atoms with E-state index in [-0.39, 0.29) is 11.9 Å². The molecule has 7 heteroatoms. The van der Waals surface area contributed by atoms with Crippen molar-refractivity contribution in [3.63, 3.8) is 0 Å². The van der Waals surface area contributed by atoms with E-state index in [4.69, 9.17) is 15.9 Å². The summed E-state index contributed by atoms with van der Waals surface area (Å²) in [6.07, 6.45) is 1.65. The summed E-state index contributed by atoms with van der Waals surface area (Å²) in [4.78, 5) is 11.7. The average Bonchev–Trinajstić information content (AvgIpc) is 2.69. The minimum atomic E-state index is 0.154. The number of nitrogens with two attached hydrogens (primary N) is 2. The highest BCUT2D eigenvalue weighted by Gasteiger charge is 2.03. The Kier molecular flexibility index (Phi) is 3.25. The second kappa shape index (κ2) is 4.84. The normalized spacial score (nSPS) is 10.5. The van der Waals surface area contributed by atoms with Crippen LogP contribution in [0.3, 0.4) is 0 Å². The predicted octanol–water partition coefficient (Wildman–Crippen LogP) is 1.06. The molecule has 0 aliphatic heterocycles. The van der Waals surface area contributed by atoms with E-state index < -0.39 is 0 Å². The molecule has 2 aromatic heterocycles. The topological polar surface area (TPSA) is 104 Å². The molecule has 16 heavy (non-hydrogen) atoms. The van der Waals surface area contributed by atoms with Crippen molar-refractivity contribution in [3.05, 3.63) is 30.0 Å². The molecule has 0 radical (unpaired) electrons. The quantitative estimate of drug-likeness (QED) is 0.819. The largest absolute Gasteiger partial charge is 0.468 e. The van der Waals surface area contributed by atoms with Crippen molar-refractivity contribution < 1.29 is 4.42 Å². The molecule has 4 N–H and O–H groups in total. The number of furan rings is 1. The molecule has 2 aromatic rings. The Bertz CT molecular complexity index is 439. The van der Waals surface area contributed by atoms with Crippen LogP contribution in [0.25, 0.3) is 0 Å². The number of rotatable bonds is 4. The molecule has 0 atom stereocenters. The summed E-state index contributed by atoms with van der Waals surface area (Å²) in [5.41, 5.74) is 10.9. The summed E-state index contributed by atoms with van der Waals surface area (Å²) in [6.45, 7) is 0. The first-order chi connectivity index (χ1) is 7.74. The molecule has 84 valence electrons. The highest BCUT2D eigenvalue weighted by Crippen LogP contribution is 2.16. The molecule has 0 saturated carbocycles. The van der Waals surface area contributed by atoms with Crippen molar-refractivity contribution in [1.82, 2.24) is 15.0 Å². The summed E-state index contributed by atoms with van der Waals surface area (Å²) in [6, 6.07) is 3.78. The molecule has 0 saturated heterocycles. The van der Waals surface area contributed by atoms with Gasteiger partial charge in [-0.2, -0.15) is 15.0 Å². The Morgan fingerprint density at radius 2 is 1.88 bits per heavy atom. The van der Waals surface area contributed by atoms with E-state index in [1.807, 2.05) is 12.1 Å². The second-order valence-electron chi connectivity index (χ2n) is 3.04. The first-order valence-electron chi connectivity index (χ1n) is 4.60. The molecule has 0 aromatic carbocycles. The molecular formula is C9H11N5OS. The third-order valence-electron chi connectivity index (χ3n) is 1.77. The van der Waals surface area contributed by atoms with Crippen LogP contribution in [0.15, 0.2) is 22.8 Å². The van der Waals surface area contributed by atoms with E-state index in [0.717, 1.165) is 11.5 Å². The van der Waals surface area contributed by atoms with Gasteiger partial charge in [0.25, 0.3) is 0 Å². The number of nitrogen functional groups attached to an aromatic ring is 2. The zero-order valence-corrected chi connectivity index (χ0v) is 9.28. The lowest BCUT2D eigenvalue weighted by atomic mass is 10.5. The minimum Gasteiger partial charge on any atom is -0.468 e. The van der Waals surface area contributed by atoms with E-state index in [2.05, 4.69) is 15.0 Å². The van der Waals surface area contributed by atoms with Crippen LogP contribution >= 0.6 is 11.8 Å².